The molecule has 0 bridgehead atoms. The number of nitrogens with one attached hydrogen (secondary N) is 2. The predicted octanol–water partition coefficient (Wildman–Crippen LogP) is 2.23. The summed E-state index contributed by atoms with van der Waals surface area (Å²) >= 11 is 0. The minimum atomic E-state index is -3.23. The summed E-state index contributed by atoms with van der Waals surface area (Å²) < 4.78 is 23.0. The zero-order chi connectivity index (χ0) is 19.7. The highest BCUT2D eigenvalue weighted by molar-refractivity contribution is 7.90. The molecule has 6 nitrogen and oxygen atoms in total. The van der Waals surface area contributed by atoms with Crippen LogP contribution in [0.1, 0.15) is 48.9 Å². The maximum Gasteiger partial charge on any atom is 0.251 e. The Morgan fingerprint density at radius 2 is 1.89 bits per heavy atom. The molecule has 2 rings (SSSR count). The van der Waals surface area contributed by atoms with E-state index in [0.29, 0.717) is 12.1 Å². The maximum atomic E-state index is 12.5. The molecule has 0 spiro atoms. The van der Waals surface area contributed by atoms with Gasteiger partial charge in [0.1, 0.15) is 15.9 Å². The minimum absolute atomic E-state index is 0.0476. The first-order chi connectivity index (χ1) is 12.8. The van der Waals surface area contributed by atoms with Crippen molar-refractivity contribution >= 4 is 21.7 Å². The molecule has 2 amide bonds. The fourth-order valence-corrected chi connectivity index (χ4v) is 3.70. The lowest BCUT2D eigenvalue weighted by molar-refractivity contribution is -0.122. The van der Waals surface area contributed by atoms with Gasteiger partial charge in [0.05, 0.1) is 5.75 Å². The van der Waals surface area contributed by atoms with E-state index < -0.39 is 15.9 Å². The molecule has 7 heteroatoms. The van der Waals surface area contributed by atoms with Gasteiger partial charge in [-0.3, -0.25) is 9.59 Å². The SMILES string of the molecule is CS(=O)(=O)CCC(NC(=O)c1ccccc1)C(=O)NCCC1=CCCCC1. The third-order valence-corrected chi connectivity index (χ3v) is 5.54. The summed E-state index contributed by atoms with van der Waals surface area (Å²) in [5.74, 6) is -0.899. The highest BCUT2D eigenvalue weighted by atomic mass is 32.2. The number of benzene rings is 1. The van der Waals surface area contributed by atoms with Gasteiger partial charge in [0.25, 0.3) is 5.91 Å². The van der Waals surface area contributed by atoms with Crippen LogP contribution in [-0.4, -0.2) is 44.8 Å². The Bertz CT molecular complexity index is 772. The van der Waals surface area contributed by atoms with Crippen LogP contribution in [0.3, 0.4) is 0 Å². The minimum Gasteiger partial charge on any atom is -0.354 e. The first kappa shape index (κ1) is 21.2. The summed E-state index contributed by atoms with van der Waals surface area (Å²) in [6.07, 6.45) is 8.75. The van der Waals surface area contributed by atoms with Gasteiger partial charge in [-0.2, -0.15) is 0 Å². The van der Waals surface area contributed by atoms with E-state index in [1.807, 2.05) is 0 Å². The molecule has 1 atom stereocenters. The Hall–Kier alpha value is -2.15. The van der Waals surface area contributed by atoms with Crippen LogP contribution in [0.4, 0.5) is 0 Å². The van der Waals surface area contributed by atoms with E-state index in [9.17, 15) is 18.0 Å². The molecule has 1 unspecified atom stereocenters. The van der Waals surface area contributed by atoms with E-state index >= 15 is 0 Å². The van der Waals surface area contributed by atoms with Crippen molar-refractivity contribution in [3.8, 4) is 0 Å². The molecular formula is C20H28N2O4S. The third-order valence-electron chi connectivity index (χ3n) is 4.57. The second kappa shape index (κ2) is 10.3. The van der Waals surface area contributed by atoms with Crippen LogP contribution in [0.25, 0.3) is 0 Å². The molecule has 0 aromatic heterocycles. The molecule has 0 heterocycles. The zero-order valence-electron chi connectivity index (χ0n) is 15.7. The summed E-state index contributed by atoms with van der Waals surface area (Å²) in [6, 6.07) is 7.68. The van der Waals surface area contributed by atoms with E-state index in [0.717, 1.165) is 25.5 Å². The van der Waals surface area contributed by atoms with Gasteiger partial charge in [-0.1, -0.05) is 29.8 Å². The van der Waals surface area contributed by atoms with E-state index in [4.69, 9.17) is 0 Å². The van der Waals surface area contributed by atoms with Crippen molar-refractivity contribution in [2.24, 2.45) is 0 Å². The van der Waals surface area contributed by atoms with Crippen molar-refractivity contribution in [1.82, 2.24) is 10.6 Å². The van der Waals surface area contributed by atoms with Crippen molar-refractivity contribution in [2.45, 2.75) is 44.6 Å². The molecule has 1 aliphatic carbocycles. The quantitative estimate of drug-likeness (QED) is 0.630. The van der Waals surface area contributed by atoms with Crippen LogP contribution in [0.2, 0.25) is 0 Å². The van der Waals surface area contributed by atoms with Crippen LogP contribution in [0, 0.1) is 0 Å². The molecule has 148 valence electrons. The molecule has 0 fully saturated rings. The fraction of sp³-hybridized carbons (Fsp3) is 0.500. The Morgan fingerprint density at radius 1 is 1.15 bits per heavy atom. The number of sulfone groups is 1. The first-order valence-electron chi connectivity index (χ1n) is 9.34. The molecule has 0 aliphatic heterocycles. The van der Waals surface area contributed by atoms with Crippen LogP contribution >= 0.6 is 0 Å². The summed E-state index contributed by atoms with van der Waals surface area (Å²) in [5.41, 5.74) is 1.78. The summed E-state index contributed by atoms with van der Waals surface area (Å²) in [7, 11) is -3.23. The number of carbonyl (C=O) groups is 2. The lowest BCUT2D eigenvalue weighted by Crippen LogP contribution is -2.47. The molecule has 27 heavy (non-hydrogen) atoms. The van der Waals surface area contributed by atoms with Crippen molar-refractivity contribution in [3.05, 3.63) is 47.5 Å². The highest BCUT2D eigenvalue weighted by Crippen LogP contribution is 2.19. The predicted molar refractivity (Wildman–Crippen MR) is 106 cm³/mol. The van der Waals surface area contributed by atoms with E-state index in [2.05, 4.69) is 16.7 Å². The molecule has 2 N–H and O–H groups in total. The van der Waals surface area contributed by atoms with Crippen molar-refractivity contribution < 1.29 is 18.0 Å². The van der Waals surface area contributed by atoms with Crippen molar-refractivity contribution in [3.63, 3.8) is 0 Å². The number of amides is 2. The van der Waals surface area contributed by atoms with E-state index in [-0.39, 0.29) is 24.0 Å². The fourth-order valence-electron chi connectivity index (χ4n) is 3.03. The van der Waals surface area contributed by atoms with Gasteiger partial charge in [0, 0.05) is 18.4 Å². The van der Waals surface area contributed by atoms with Gasteiger partial charge >= 0.3 is 0 Å². The van der Waals surface area contributed by atoms with Crippen LogP contribution in [0.15, 0.2) is 42.0 Å². The van der Waals surface area contributed by atoms with Gasteiger partial charge in [-0.25, -0.2) is 8.42 Å². The molecule has 1 aromatic rings. The summed E-state index contributed by atoms with van der Waals surface area (Å²) in [5, 5.41) is 5.50. The van der Waals surface area contributed by atoms with Gasteiger partial charge in [0.2, 0.25) is 5.91 Å². The second-order valence-corrected chi connectivity index (χ2v) is 9.22. The number of hydrogen-bond donors (Lipinski definition) is 2. The Labute approximate surface area is 161 Å². The van der Waals surface area contributed by atoms with Crippen LogP contribution in [0.5, 0.6) is 0 Å². The average molecular weight is 393 g/mol. The van der Waals surface area contributed by atoms with Gasteiger partial charge in [-0.05, 0) is 50.7 Å². The number of carbonyl (C=O) groups excluding carboxylic acids is 2. The van der Waals surface area contributed by atoms with Crippen molar-refractivity contribution in [1.29, 1.82) is 0 Å². The lowest BCUT2D eigenvalue weighted by Gasteiger charge is -2.19. The Kier molecular flexibility index (Phi) is 8.03. The highest BCUT2D eigenvalue weighted by Gasteiger charge is 2.22. The molecular weight excluding hydrogens is 364 g/mol. The van der Waals surface area contributed by atoms with E-state index in [1.165, 1.54) is 18.4 Å². The second-order valence-electron chi connectivity index (χ2n) is 6.96. The monoisotopic (exact) mass is 392 g/mol. The van der Waals surface area contributed by atoms with Gasteiger partial charge in [-0.15, -0.1) is 0 Å². The number of hydrogen-bond acceptors (Lipinski definition) is 4. The van der Waals surface area contributed by atoms with Gasteiger partial charge < -0.3 is 10.6 Å². The van der Waals surface area contributed by atoms with Gasteiger partial charge in [0.15, 0.2) is 0 Å². The van der Waals surface area contributed by atoms with E-state index in [1.54, 1.807) is 30.3 Å². The zero-order valence-corrected chi connectivity index (χ0v) is 16.6. The molecule has 0 saturated carbocycles. The largest absolute Gasteiger partial charge is 0.354 e. The summed E-state index contributed by atoms with van der Waals surface area (Å²) in [6.45, 7) is 0.487. The topological polar surface area (TPSA) is 92.3 Å². The van der Waals surface area contributed by atoms with Crippen LogP contribution < -0.4 is 10.6 Å². The Balaban J connectivity index is 1.94. The molecule has 0 radical (unpaired) electrons. The average Bonchev–Trinajstić information content (AvgIpc) is 2.65. The Morgan fingerprint density at radius 3 is 2.52 bits per heavy atom. The third kappa shape index (κ3) is 7.95. The number of allylic oxidation sites excluding steroid dienone is 1. The molecule has 1 aromatic carbocycles. The lowest BCUT2D eigenvalue weighted by atomic mass is 9.97. The first-order valence-corrected chi connectivity index (χ1v) is 11.4. The smallest absolute Gasteiger partial charge is 0.251 e. The standard InChI is InChI=1S/C20H28N2O4S/c1-27(25,26)15-13-18(22-19(23)17-10-6-3-7-11-17)20(24)21-14-12-16-8-4-2-5-9-16/h3,6-8,10-11,18H,2,4-5,9,12-15H2,1H3,(H,21,24)(H,22,23). The van der Waals surface area contributed by atoms with Crippen LogP contribution in [-0.2, 0) is 14.6 Å². The molecule has 0 saturated heterocycles. The normalized spacial score (nSPS) is 15.5. The summed E-state index contributed by atoms with van der Waals surface area (Å²) in [4.78, 5) is 24.9. The maximum absolute atomic E-state index is 12.5. The van der Waals surface area contributed by atoms with Crippen molar-refractivity contribution in [2.75, 3.05) is 18.6 Å². The molecule has 1 aliphatic rings. The number of rotatable bonds is 9.